The fourth-order valence-electron chi connectivity index (χ4n) is 2.01. The van der Waals surface area contributed by atoms with E-state index in [4.69, 9.17) is 4.42 Å². The lowest BCUT2D eigenvalue weighted by molar-refractivity contribution is 0.593. The van der Waals surface area contributed by atoms with Crippen molar-refractivity contribution in [3.8, 4) is 0 Å². The maximum Gasteiger partial charge on any atom is 0.149 e. The number of fused-ring (bicyclic) bond motifs is 3. The maximum atomic E-state index is 5.88. The lowest BCUT2D eigenvalue weighted by Crippen LogP contribution is -1.89. The zero-order valence-corrected chi connectivity index (χ0v) is 11.6. The molecule has 2 aromatic rings. The summed E-state index contributed by atoms with van der Waals surface area (Å²) in [4.78, 5) is 0. The van der Waals surface area contributed by atoms with E-state index in [1.807, 2.05) is 0 Å². The number of rotatable bonds is 0. The second kappa shape index (κ2) is 3.63. The van der Waals surface area contributed by atoms with Crippen LogP contribution in [0, 0.1) is 3.57 Å². The molecule has 0 saturated heterocycles. The number of hydrogen-bond donors (Lipinski definition) is 0. The van der Waals surface area contributed by atoms with Gasteiger partial charge in [-0.25, -0.2) is 0 Å². The third-order valence-corrected chi connectivity index (χ3v) is 4.21. The lowest BCUT2D eigenvalue weighted by Gasteiger charge is -2.03. The largest absolute Gasteiger partial charge is 0.455 e. The first kappa shape index (κ1) is 9.90. The van der Waals surface area contributed by atoms with E-state index in [0.29, 0.717) is 0 Å². The van der Waals surface area contributed by atoms with E-state index in [2.05, 4.69) is 62.8 Å². The molecule has 0 aliphatic heterocycles. The summed E-state index contributed by atoms with van der Waals surface area (Å²) < 4.78 is 8.19. The summed E-state index contributed by atoms with van der Waals surface area (Å²) in [5.41, 5.74) is 2.36. The Balaban J connectivity index is 2.47. The SMILES string of the molecule is Brc1ccc(I)c2oc3c(c12)CCC=C3. The molecule has 1 heterocycles. The van der Waals surface area contributed by atoms with E-state index in [1.165, 1.54) is 14.5 Å². The van der Waals surface area contributed by atoms with Crippen LogP contribution in [-0.2, 0) is 6.42 Å². The maximum absolute atomic E-state index is 5.88. The van der Waals surface area contributed by atoms with Crippen molar-refractivity contribution in [2.75, 3.05) is 0 Å². The Morgan fingerprint density at radius 3 is 3.07 bits per heavy atom. The molecular weight excluding hydrogens is 367 g/mol. The summed E-state index contributed by atoms with van der Waals surface area (Å²) >= 11 is 5.92. The van der Waals surface area contributed by atoms with Gasteiger partial charge in [-0.15, -0.1) is 0 Å². The quantitative estimate of drug-likeness (QED) is 0.606. The van der Waals surface area contributed by atoms with Crippen molar-refractivity contribution < 1.29 is 4.42 Å². The molecule has 0 amide bonds. The van der Waals surface area contributed by atoms with Crippen LogP contribution in [-0.4, -0.2) is 0 Å². The van der Waals surface area contributed by atoms with Crippen molar-refractivity contribution in [3.63, 3.8) is 0 Å². The summed E-state index contributed by atoms with van der Waals surface area (Å²) in [6.07, 6.45) is 6.45. The number of furan rings is 1. The van der Waals surface area contributed by atoms with Gasteiger partial charge in [0.15, 0.2) is 0 Å². The average Bonchev–Trinajstić information content (AvgIpc) is 2.64. The van der Waals surface area contributed by atoms with Gasteiger partial charge in [-0.05, 0) is 53.6 Å². The van der Waals surface area contributed by atoms with Crippen LogP contribution < -0.4 is 0 Å². The van der Waals surface area contributed by atoms with Crippen LogP contribution >= 0.6 is 38.5 Å². The second-order valence-electron chi connectivity index (χ2n) is 3.62. The second-order valence-corrected chi connectivity index (χ2v) is 5.64. The van der Waals surface area contributed by atoms with Crippen molar-refractivity contribution >= 4 is 55.6 Å². The van der Waals surface area contributed by atoms with Crippen molar-refractivity contribution in [1.82, 2.24) is 0 Å². The predicted octanol–water partition coefficient (Wildman–Crippen LogP) is 4.76. The van der Waals surface area contributed by atoms with Crippen LogP contribution in [0.1, 0.15) is 17.7 Å². The number of allylic oxidation sites excluding steroid dienone is 1. The molecule has 3 heteroatoms. The van der Waals surface area contributed by atoms with Crippen LogP contribution in [0.15, 0.2) is 27.1 Å². The molecule has 0 atom stereocenters. The fraction of sp³-hybridized carbons (Fsp3) is 0.167. The molecule has 0 N–H and O–H groups in total. The highest BCUT2D eigenvalue weighted by Crippen LogP contribution is 2.37. The number of aryl methyl sites for hydroxylation is 1. The minimum absolute atomic E-state index is 1.02. The number of hydrogen-bond acceptors (Lipinski definition) is 1. The van der Waals surface area contributed by atoms with Crippen molar-refractivity contribution in [3.05, 3.63) is 37.6 Å². The molecule has 1 aliphatic rings. The van der Waals surface area contributed by atoms with Crippen LogP contribution in [0.25, 0.3) is 17.0 Å². The van der Waals surface area contributed by atoms with Gasteiger partial charge in [-0.2, -0.15) is 0 Å². The highest BCUT2D eigenvalue weighted by molar-refractivity contribution is 14.1. The van der Waals surface area contributed by atoms with E-state index in [-0.39, 0.29) is 0 Å². The third-order valence-electron chi connectivity index (χ3n) is 2.70. The first-order valence-corrected chi connectivity index (χ1v) is 6.70. The minimum atomic E-state index is 1.02. The summed E-state index contributed by atoms with van der Waals surface area (Å²) in [5.74, 6) is 1.03. The highest BCUT2D eigenvalue weighted by atomic mass is 127. The normalized spacial score (nSPS) is 14.5. The topological polar surface area (TPSA) is 13.1 Å². The van der Waals surface area contributed by atoms with Gasteiger partial charge in [0.25, 0.3) is 0 Å². The van der Waals surface area contributed by atoms with Crippen molar-refractivity contribution in [2.24, 2.45) is 0 Å². The van der Waals surface area contributed by atoms with Crippen LogP contribution in [0.4, 0.5) is 0 Å². The smallest absolute Gasteiger partial charge is 0.149 e. The number of halogens is 2. The molecule has 0 unspecified atom stereocenters. The van der Waals surface area contributed by atoms with Gasteiger partial charge in [0, 0.05) is 15.4 Å². The summed E-state index contributed by atoms with van der Waals surface area (Å²) in [5, 5.41) is 1.25. The van der Waals surface area contributed by atoms with E-state index >= 15 is 0 Å². The minimum Gasteiger partial charge on any atom is -0.455 e. The molecule has 3 rings (SSSR count). The predicted molar refractivity (Wildman–Crippen MR) is 74.0 cm³/mol. The molecule has 0 radical (unpaired) electrons. The summed E-state index contributed by atoms with van der Waals surface area (Å²) in [6.45, 7) is 0. The molecular formula is C12H8BrIO. The van der Waals surface area contributed by atoms with E-state index in [1.54, 1.807) is 0 Å². The number of benzene rings is 1. The van der Waals surface area contributed by atoms with Crippen LogP contribution in [0.3, 0.4) is 0 Å². The Kier molecular flexibility index (Phi) is 2.39. The third kappa shape index (κ3) is 1.47. The Morgan fingerprint density at radius 2 is 2.20 bits per heavy atom. The van der Waals surface area contributed by atoms with E-state index in [0.717, 1.165) is 28.7 Å². The van der Waals surface area contributed by atoms with Crippen LogP contribution in [0.2, 0.25) is 0 Å². The molecule has 1 aromatic carbocycles. The molecule has 1 aliphatic carbocycles. The molecule has 76 valence electrons. The summed E-state index contributed by atoms with van der Waals surface area (Å²) in [6, 6.07) is 4.17. The van der Waals surface area contributed by atoms with Gasteiger partial charge in [0.1, 0.15) is 11.3 Å². The lowest BCUT2D eigenvalue weighted by atomic mass is 10.0. The van der Waals surface area contributed by atoms with Gasteiger partial charge in [0.05, 0.1) is 3.57 Å². The molecule has 1 nitrogen and oxygen atoms in total. The first-order valence-electron chi connectivity index (χ1n) is 4.83. The molecule has 1 aromatic heterocycles. The highest BCUT2D eigenvalue weighted by Gasteiger charge is 2.18. The molecule has 0 saturated carbocycles. The standard InChI is InChI=1S/C12H8BrIO/c13-8-5-6-9(14)12-11(8)7-3-1-2-4-10(7)15-12/h2,4-6H,1,3H2. The first-order chi connectivity index (χ1) is 7.27. The monoisotopic (exact) mass is 374 g/mol. The Labute approximate surface area is 110 Å². The van der Waals surface area contributed by atoms with Gasteiger partial charge in [-0.3, -0.25) is 0 Å². The molecule has 0 bridgehead atoms. The van der Waals surface area contributed by atoms with Gasteiger partial charge >= 0.3 is 0 Å². The van der Waals surface area contributed by atoms with Gasteiger partial charge in [-0.1, -0.05) is 22.0 Å². The summed E-state index contributed by atoms with van der Waals surface area (Å²) in [7, 11) is 0. The Bertz CT molecular complexity index is 568. The zero-order chi connectivity index (χ0) is 10.4. The Hall–Kier alpha value is -0.290. The van der Waals surface area contributed by atoms with E-state index < -0.39 is 0 Å². The Morgan fingerprint density at radius 1 is 1.33 bits per heavy atom. The van der Waals surface area contributed by atoms with Crippen molar-refractivity contribution in [2.45, 2.75) is 12.8 Å². The molecule has 0 fully saturated rings. The van der Waals surface area contributed by atoms with Crippen molar-refractivity contribution in [1.29, 1.82) is 0 Å². The molecule has 15 heavy (non-hydrogen) atoms. The molecule has 0 spiro atoms. The van der Waals surface area contributed by atoms with Crippen LogP contribution in [0.5, 0.6) is 0 Å². The van der Waals surface area contributed by atoms with E-state index in [9.17, 15) is 0 Å². The van der Waals surface area contributed by atoms with Gasteiger partial charge in [0.2, 0.25) is 0 Å². The average molecular weight is 375 g/mol. The zero-order valence-electron chi connectivity index (χ0n) is 7.89. The fourth-order valence-corrected chi connectivity index (χ4v) is 3.12. The van der Waals surface area contributed by atoms with Gasteiger partial charge < -0.3 is 4.42 Å².